The number of aryl methyl sites for hydroxylation is 1. The second kappa shape index (κ2) is 17.1. The minimum Gasteiger partial charge on any atom is -0.479 e. The van der Waals surface area contributed by atoms with Crippen molar-refractivity contribution in [1.29, 1.82) is 0 Å². The van der Waals surface area contributed by atoms with Crippen LogP contribution in [-0.4, -0.2) is 119 Å². The summed E-state index contributed by atoms with van der Waals surface area (Å²) in [5, 5.41) is 42.3. The van der Waals surface area contributed by atoms with Gasteiger partial charge in [-0.2, -0.15) is 0 Å². The summed E-state index contributed by atoms with van der Waals surface area (Å²) in [5.74, 6) is -7.44. The predicted octanol–water partition coefficient (Wildman–Crippen LogP) is 2.39. The fraction of sp³-hybridized carbons (Fsp3) is 0.297. The number of carbonyl (C=O) groups excluding carboxylic acids is 3. The highest BCUT2D eigenvalue weighted by atomic mass is 16.5. The van der Waals surface area contributed by atoms with Crippen molar-refractivity contribution < 1.29 is 44.4 Å². The number of carboxylic acid groups (broad SMARTS) is 2. The topological polar surface area (TPSA) is 235 Å². The molecule has 3 heterocycles. The van der Waals surface area contributed by atoms with Crippen LogP contribution in [0.4, 0.5) is 17.3 Å². The maximum absolute atomic E-state index is 12.9. The molecule has 0 saturated carbocycles. The summed E-state index contributed by atoms with van der Waals surface area (Å²) in [4.78, 5) is 74.1. The molecule has 0 aliphatic carbocycles. The molecule has 2 atom stereocenters. The van der Waals surface area contributed by atoms with Gasteiger partial charge in [0.1, 0.15) is 0 Å². The number of amides is 1. The second-order valence-corrected chi connectivity index (χ2v) is 12.5. The van der Waals surface area contributed by atoms with Gasteiger partial charge in [-0.1, -0.05) is 18.2 Å². The molecule has 1 aliphatic rings. The van der Waals surface area contributed by atoms with Gasteiger partial charge in [0.15, 0.2) is 11.6 Å². The van der Waals surface area contributed by atoms with E-state index in [9.17, 15) is 34.2 Å². The molecular formula is C37H41N7O9. The molecule has 0 bridgehead atoms. The van der Waals surface area contributed by atoms with Gasteiger partial charge in [0.25, 0.3) is 17.1 Å². The Hall–Kier alpha value is -5.94. The van der Waals surface area contributed by atoms with Gasteiger partial charge in [0.2, 0.25) is 5.95 Å². The highest BCUT2D eigenvalue weighted by Gasteiger charge is 2.67. The van der Waals surface area contributed by atoms with Gasteiger partial charge in [-0.3, -0.25) is 24.3 Å². The number of piperazine rings is 1. The quantitative estimate of drug-likeness (QED) is 0.115. The third-order valence-electron chi connectivity index (χ3n) is 8.73. The van der Waals surface area contributed by atoms with Crippen LogP contribution in [-0.2, 0) is 25.7 Å². The average molecular weight is 728 g/mol. The number of aliphatic carboxylic acids is 2. The Morgan fingerprint density at radius 2 is 1.45 bits per heavy atom. The molecule has 1 fully saturated rings. The van der Waals surface area contributed by atoms with Crippen molar-refractivity contribution >= 4 is 46.7 Å². The third kappa shape index (κ3) is 9.30. The molecule has 5 rings (SSSR count). The molecule has 2 unspecified atom stereocenters. The number of nitrogens with one attached hydrogen (secondary N) is 2. The molecule has 0 radical (unpaired) electrons. The monoisotopic (exact) mass is 727 g/mol. The zero-order chi connectivity index (χ0) is 38.9. The van der Waals surface area contributed by atoms with E-state index in [2.05, 4.69) is 42.4 Å². The number of hydrogen-bond donors (Lipinski definition) is 6. The summed E-state index contributed by atoms with van der Waals surface area (Å²) in [6.07, 6.45) is 5.22. The zero-order valence-corrected chi connectivity index (χ0v) is 29.6. The zero-order valence-electron chi connectivity index (χ0n) is 29.6. The molecular weight excluding hydrogens is 686 g/mol. The fourth-order valence-corrected chi connectivity index (χ4v) is 5.40. The number of carboxylic acids is 2. The summed E-state index contributed by atoms with van der Waals surface area (Å²) in [6, 6.07) is 19.3. The molecule has 2 aromatic carbocycles. The smallest absolute Gasteiger partial charge is 0.347 e. The number of likely N-dealkylation sites (N-methyl/N-ethyl adjacent to an activating group) is 1. The van der Waals surface area contributed by atoms with E-state index in [-0.39, 0.29) is 5.91 Å². The van der Waals surface area contributed by atoms with Crippen LogP contribution in [0, 0.1) is 6.92 Å². The lowest BCUT2D eigenvalue weighted by Gasteiger charge is -2.32. The van der Waals surface area contributed by atoms with Crippen LogP contribution in [0.2, 0.25) is 0 Å². The van der Waals surface area contributed by atoms with Crippen molar-refractivity contribution in [2.75, 3.05) is 43.9 Å². The first-order chi connectivity index (χ1) is 25.1. The Bertz CT molecular complexity index is 1900. The molecule has 1 amide bonds. The molecule has 53 heavy (non-hydrogen) atoms. The van der Waals surface area contributed by atoms with Gasteiger partial charge in [0, 0.05) is 73.8 Å². The number of ketones is 2. The van der Waals surface area contributed by atoms with Crippen molar-refractivity contribution in [2.24, 2.45) is 0 Å². The first-order valence-electron chi connectivity index (χ1n) is 16.4. The molecule has 278 valence electrons. The number of Topliss-reactive ketones (excluding diaryl/α,β-unsaturated/α-hetero) is 2. The Labute approximate surface area is 305 Å². The Balaban J connectivity index is 0.000000332. The van der Waals surface area contributed by atoms with Gasteiger partial charge >= 0.3 is 11.9 Å². The molecule has 16 nitrogen and oxygen atoms in total. The minimum absolute atomic E-state index is 0.143. The number of nitrogens with zero attached hydrogens (tertiary/aromatic N) is 5. The second-order valence-electron chi connectivity index (χ2n) is 12.5. The third-order valence-corrected chi connectivity index (χ3v) is 8.73. The number of carbonyl (C=O) groups is 5. The van der Waals surface area contributed by atoms with Crippen molar-refractivity contribution in [3.63, 3.8) is 0 Å². The summed E-state index contributed by atoms with van der Waals surface area (Å²) in [5.41, 5.74) is -1.35. The van der Waals surface area contributed by atoms with E-state index in [1.165, 1.54) is 5.56 Å². The van der Waals surface area contributed by atoms with E-state index < -0.39 is 34.7 Å². The Morgan fingerprint density at radius 3 is 2.00 bits per heavy atom. The number of aromatic nitrogens is 3. The molecule has 4 aromatic rings. The Kier molecular flexibility index (Phi) is 12.8. The van der Waals surface area contributed by atoms with Gasteiger partial charge < -0.3 is 36.0 Å². The highest BCUT2D eigenvalue weighted by molar-refractivity contribution is 6.20. The molecule has 0 spiro atoms. The van der Waals surface area contributed by atoms with Gasteiger partial charge in [-0.25, -0.2) is 19.6 Å². The first kappa shape index (κ1) is 39.8. The highest BCUT2D eigenvalue weighted by Crippen LogP contribution is 2.27. The SMILES string of the molecule is CC(=O)C(O)(C(=O)O)C(O)(C(C)=O)C(=O)O.Cc1ccc(NC(=O)c2ccc(CN3CCN(C)CC3)cc2)cc1Nc1nccc(-c2cccnc2)n1. The van der Waals surface area contributed by atoms with E-state index >= 15 is 0 Å². The van der Waals surface area contributed by atoms with E-state index in [4.69, 9.17) is 10.2 Å². The minimum atomic E-state index is -3.72. The van der Waals surface area contributed by atoms with Crippen LogP contribution in [0.25, 0.3) is 11.3 Å². The van der Waals surface area contributed by atoms with Crippen LogP contribution in [0.5, 0.6) is 0 Å². The van der Waals surface area contributed by atoms with Crippen LogP contribution in [0.15, 0.2) is 79.3 Å². The summed E-state index contributed by atoms with van der Waals surface area (Å²) < 4.78 is 0. The van der Waals surface area contributed by atoms with Gasteiger partial charge in [-0.15, -0.1) is 0 Å². The number of pyridine rings is 1. The lowest BCUT2D eigenvalue weighted by molar-refractivity contribution is -0.206. The van der Waals surface area contributed by atoms with E-state index in [0.717, 1.165) is 55.2 Å². The maximum atomic E-state index is 12.9. The van der Waals surface area contributed by atoms with Gasteiger partial charge in [-0.05, 0) is 81.4 Å². The molecule has 6 N–H and O–H groups in total. The summed E-state index contributed by atoms with van der Waals surface area (Å²) >= 11 is 0. The summed E-state index contributed by atoms with van der Waals surface area (Å²) in [6.45, 7) is 8.33. The lowest BCUT2D eigenvalue weighted by Crippen LogP contribution is -2.70. The number of rotatable bonds is 12. The molecule has 1 aliphatic heterocycles. The van der Waals surface area contributed by atoms with Crippen LogP contribution >= 0.6 is 0 Å². The molecule has 2 aromatic heterocycles. The van der Waals surface area contributed by atoms with Crippen molar-refractivity contribution in [2.45, 2.75) is 38.5 Å². The van der Waals surface area contributed by atoms with Crippen molar-refractivity contribution in [3.05, 3.63) is 95.9 Å². The lowest BCUT2D eigenvalue weighted by atomic mass is 9.77. The number of benzene rings is 2. The van der Waals surface area contributed by atoms with Crippen LogP contribution in [0.1, 0.15) is 35.3 Å². The molecule has 16 heteroatoms. The fourth-order valence-electron chi connectivity index (χ4n) is 5.40. The number of aliphatic hydroxyl groups is 2. The summed E-state index contributed by atoms with van der Waals surface area (Å²) in [7, 11) is 2.16. The number of anilines is 3. The van der Waals surface area contributed by atoms with Crippen LogP contribution in [0.3, 0.4) is 0 Å². The predicted molar refractivity (Wildman–Crippen MR) is 193 cm³/mol. The standard InChI is InChI=1S/C29H31N7O.C8H10O8/c1-21-5-10-25(18-27(21)34-29-31-13-11-26(33-29)24-4-3-12-30-19-24)32-28(37)23-8-6-22(7-9-23)20-36-16-14-35(2)15-17-36;1-3(9)7(15,5(11)12)8(16,4(2)10)6(13)14/h3-13,18-19H,14-17,20H2,1-2H3,(H,32,37)(H,31,33,34);15-16H,1-2H3,(H,11,12)(H,13,14). The van der Waals surface area contributed by atoms with E-state index in [1.807, 2.05) is 67.6 Å². The molecule has 1 saturated heterocycles. The average Bonchev–Trinajstić information content (AvgIpc) is 3.14. The van der Waals surface area contributed by atoms with E-state index in [0.29, 0.717) is 31.0 Å². The maximum Gasteiger partial charge on any atom is 0.347 e. The van der Waals surface area contributed by atoms with Crippen molar-refractivity contribution in [3.8, 4) is 11.3 Å². The first-order valence-corrected chi connectivity index (χ1v) is 16.4. The normalized spacial score (nSPS) is 15.4. The van der Waals surface area contributed by atoms with Gasteiger partial charge in [0.05, 0.1) is 5.69 Å². The number of hydrogen-bond acceptors (Lipinski definition) is 13. The largest absolute Gasteiger partial charge is 0.479 e. The van der Waals surface area contributed by atoms with E-state index in [1.54, 1.807) is 18.6 Å². The Morgan fingerprint density at radius 1 is 0.830 bits per heavy atom. The van der Waals surface area contributed by atoms with Crippen molar-refractivity contribution in [1.82, 2.24) is 24.8 Å². The van der Waals surface area contributed by atoms with Crippen LogP contribution < -0.4 is 10.6 Å².